The summed E-state index contributed by atoms with van der Waals surface area (Å²) in [5.41, 5.74) is 1.31. The predicted molar refractivity (Wildman–Crippen MR) is 52.9 cm³/mol. The van der Waals surface area contributed by atoms with E-state index in [9.17, 15) is 4.39 Å². The van der Waals surface area contributed by atoms with Crippen LogP contribution in [0.5, 0.6) is 0 Å². The molecule has 0 bridgehead atoms. The van der Waals surface area contributed by atoms with E-state index in [4.69, 9.17) is 5.26 Å². The summed E-state index contributed by atoms with van der Waals surface area (Å²) < 4.78 is 13.1. The minimum atomic E-state index is -0.485. The van der Waals surface area contributed by atoms with E-state index in [-0.39, 0.29) is 0 Å². The van der Waals surface area contributed by atoms with Crippen molar-refractivity contribution in [3.05, 3.63) is 39.7 Å². The molecule has 0 aromatic heterocycles. The van der Waals surface area contributed by atoms with Crippen molar-refractivity contribution in [2.45, 2.75) is 6.92 Å². The van der Waals surface area contributed by atoms with Crippen LogP contribution in [0.1, 0.15) is 18.1 Å². The maximum Gasteiger partial charge on any atom is 0.0997 e. The molecule has 1 aromatic rings. The summed E-state index contributed by atoms with van der Waals surface area (Å²) in [6.07, 6.45) is 0. The highest BCUT2D eigenvalue weighted by atomic mass is 79.9. The number of benzene rings is 1. The fourth-order valence-corrected chi connectivity index (χ4v) is 1.47. The molecule has 0 spiro atoms. The topological polar surface area (TPSA) is 23.8 Å². The van der Waals surface area contributed by atoms with Crippen LogP contribution < -0.4 is 0 Å². The van der Waals surface area contributed by atoms with Crippen molar-refractivity contribution in [3.8, 4) is 6.07 Å². The Kier molecular flexibility index (Phi) is 3.44. The monoisotopic (exact) mass is 240 g/mol. The second-order valence-corrected chi connectivity index (χ2v) is 3.67. The van der Waals surface area contributed by atoms with Crippen molar-refractivity contribution < 1.29 is 4.39 Å². The number of nitriles is 1. The van der Waals surface area contributed by atoms with Crippen LogP contribution in [0.15, 0.2) is 22.7 Å². The smallest absolute Gasteiger partial charge is 0.0997 e. The average Bonchev–Trinajstić information content (AvgIpc) is 2.15. The van der Waals surface area contributed by atoms with Gasteiger partial charge in [0.2, 0.25) is 0 Å². The third-order valence-corrected chi connectivity index (χ3v) is 2.18. The van der Waals surface area contributed by atoms with Gasteiger partial charge in [-0.25, -0.2) is 0 Å². The maximum absolute atomic E-state index is 12.3. The van der Waals surface area contributed by atoms with Gasteiger partial charge in [-0.15, -0.1) is 0 Å². The van der Waals surface area contributed by atoms with Crippen molar-refractivity contribution in [1.29, 1.82) is 5.26 Å². The molecule has 0 aliphatic carbocycles. The molecular weight excluding hydrogens is 233 g/mol. The molecule has 1 nitrogen and oxygen atoms in total. The van der Waals surface area contributed by atoms with Crippen molar-refractivity contribution in [1.82, 2.24) is 0 Å². The van der Waals surface area contributed by atoms with Gasteiger partial charge in [0.15, 0.2) is 0 Å². The van der Waals surface area contributed by atoms with E-state index < -0.39 is 6.67 Å². The Balaban J connectivity index is 3.10. The predicted octanol–water partition coefficient (Wildman–Crippen LogP) is 3.23. The van der Waals surface area contributed by atoms with Crippen molar-refractivity contribution in [2.75, 3.05) is 6.67 Å². The number of nitrogens with zero attached hydrogens (tertiary/aromatic N) is 1. The third-order valence-electron chi connectivity index (χ3n) is 1.72. The van der Waals surface area contributed by atoms with Gasteiger partial charge < -0.3 is 0 Å². The lowest BCUT2D eigenvalue weighted by Gasteiger charge is -2.06. The van der Waals surface area contributed by atoms with E-state index in [0.29, 0.717) is 11.5 Å². The second-order valence-electron chi connectivity index (χ2n) is 2.75. The van der Waals surface area contributed by atoms with Gasteiger partial charge in [0.25, 0.3) is 0 Å². The summed E-state index contributed by atoms with van der Waals surface area (Å²) >= 11 is 3.26. The van der Waals surface area contributed by atoms with Gasteiger partial charge >= 0.3 is 0 Å². The quantitative estimate of drug-likeness (QED) is 0.779. The van der Waals surface area contributed by atoms with Gasteiger partial charge in [0.05, 0.1) is 18.3 Å². The number of hydrogen-bond donors (Lipinski definition) is 0. The second kappa shape index (κ2) is 4.38. The largest absolute Gasteiger partial charge is 0.250 e. The minimum Gasteiger partial charge on any atom is -0.250 e. The first-order valence-electron chi connectivity index (χ1n) is 3.77. The summed E-state index contributed by atoms with van der Waals surface area (Å²) in [6.45, 7) is 1.23. The highest BCUT2D eigenvalue weighted by molar-refractivity contribution is 9.10. The van der Waals surface area contributed by atoms with Gasteiger partial charge in [-0.1, -0.05) is 22.9 Å². The molecule has 0 amide bonds. The summed E-state index contributed by atoms with van der Waals surface area (Å²) in [7, 11) is 0. The van der Waals surface area contributed by atoms with Crippen molar-refractivity contribution in [2.24, 2.45) is 0 Å². The number of hydrogen-bond acceptors (Lipinski definition) is 1. The zero-order valence-electron chi connectivity index (χ0n) is 7.14. The van der Waals surface area contributed by atoms with Crippen molar-refractivity contribution >= 4 is 15.9 Å². The van der Waals surface area contributed by atoms with Gasteiger partial charge in [0.1, 0.15) is 0 Å². The molecule has 0 unspecified atom stereocenters. The van der Waals surface area contributed by atoms with Gasteiger partial charge in [-0.05, 0) is 23.8 Å². The molecule has 0 N–H and O–H groups in total. The molecule has 67 valence electrons. The van der Waals surface area contributed by atoms with Crippen LogP contribution in [0.4, 0.5) is 4.39 Å². The Labute approximate surface area is 85.3 Å². The van der Waals surface area contributed by atoms with E-state index in [1.807, 2.05) is 6.07 Å². The Bertz CT molecular complexity index is 343. The Morgan fingerprint density at radius 3 is 2.77 bits per heavy atom. The Hall–Kier alpha value is -0.880. The Morgan fingerprint density at radius 2 is 2.23 bits per heavy atom. The Morgan fingerprint density at radius 1 is 1.54 bits per heavy atom. The molecule has 1 rings (SSSR count). The first-order chi connectivity index (χ1) is 6.17. The highest BCUT2D eigenvalue weighted by Crippen LogP contribution is 2.21. The molecule has 0 aliphatic heterocycles. The number of halogens is 2. The lowest BCUT2D eigenvalue weighted by molar-refractivity contribution is 0.516. The molecule has 0 aliphatic rings. The minimum absolute atomic E-state index is 0.485. The SMILES string of the molecule is C[C](CF)c1cc(Br)cc(C#N)c1. The van der Waals surface area contributed by atoms with Crippen molar-refractivity contribution in [3.63, 3.8) is 0 Å². The van der Waals surface area contributed by atoms with Crippen LogP contribution in [0.25, 0.3) is 0 Å². The standard InChI is InChI=1S/C10H8BrFN/c1-7(5-12)9-2-8(6-13)3-10(11)4-9/h2-4H,5H2,1H3. The maximum atomic E-state index is 12.3. The lowest BCUT2D eigenvalue weighted by Crippen LogP contribution is -1.97. The van der Waals surface area contributed by atoms with Crippen LogP contribution in [0.2, 0.25) is 0 Å². The summed E-state index contributed by atoms with van der Waals surface area (Å²) in [4.78, 5) is 0. The van der Waals surface area contributed by atoms with Crippen LogP contribution >= 0.6 is 15.9 Å². The van der Waals surface area contributed by atoms with Crippen LogP contribution in [0, 0.1) is 17.2 Å². The molecule has 0 fully saturated rings. The van der Waals surface area contributed by atoms with E-state index >= 15 is 0 Å². The zero-order valence-corrected chi connectivity index (χ0v) is 8.73. The van der Waals surface area contributed by atoms with E-state index in [1.165, 1.54) is 0 Å². The van der Waals surface area contributed by atoms with E-state index in [0.717, 1.165) is 10.0 Å². The van der Waals surface area contributed by atoms with Gasteiger partial charge in [-0.2, -0.15) is 5.26 Å². The number of rotatable bonds is 2. The lowest BCUT2D eigenvalue weighted by atomic mass is 10.0. The summed E-state index contributed by atoms with van der Waals surface area (Å²) in [6, 6.07) is 7.21. The molecule has 0 atom stereocenters. The first-order valence-corrected chi connectivity index (χ1v) is 4.56. The molecule has 1 radical (unpaired) electrons. The van der Waals surface area contributed by atoms with E-state index in [1.54, 1.807) is 25.1 Å². The average molecular weight is 241 g/mol. The fraction of sp³-hybridized carbons (Fsp3) is 0.200. The molecule has 0 saturated carbocycles. The first kappa shape index (κ1) is 10.2. The molecule has 0 saturated heterocycles. The van der Waals surface area contributed by atoms with Gasteiger partial charge in [-0.3, -0.25) is 4.39 Å². The number of alkyl halides is 1. The third kappa shape index (κ3) is 2.53. The fourth-order valence-electron chi connectivity index (χ4n) is 0.978. The van der Waals surface area contributed by atoms with Crippen LogP contribution in [0.3, 0.4) is 0 Å². The van der Waals surface area contributed by atoms with Gasteiger partial charge in [0, 0.05) is 10.4 Å². The normalized spacial score (nSPS) is 10.1. The van der Waals surface area contributed by atoms with Crippen LogP contribution in [-0.2, 0) is 0 Å². The zero-order chi connectivity index (χ0) is 9.84. The molecule has 1 aromatic carbocycles. The highest BCUT2D eigenvalue weighted by Gasteiger charge is 2.07. The molecule has 0 heterocycles. The van der Waals surface area contributed by atoms with Crippen LogP contribution in [-0.4, -0.2) is 6.67 Å². The van der Waals surface area contributed by atoms with E-state index in [2.05, 4.69) is 15.9 Å². The molecule has 3 heteroatoms. The molecular formula is C10H8BrFN. The molecule has 13 heavy (non-hydrogen) atoms. The summed E-state index contributed by atoms with van der Waals surface area (Å²) in [5, 5.41) is 8.67. The summed E-state index contributed by atoms with van der Waals surface area (Å²) in [5.74, 6) is 0.637.